The molecule has 1 heterocycles. The van der Waals surface area contributed by atoms with Gasteiger partial charge < -0.3 is 5.11 Å². The van der Waals surface area contributed by atoms with Crippen LogP contribution < -0.4 is 0 Å². The molecule has 0 bridgehead atoms. The van der Waals surface area contributed by atoms with E-state index in [0.717, 1.165) is 11.3 Å². The number of carboxylic acids is 1. The lowest BCUT2D eigenvalue weighted by Crippen LogP contribution is -2.02. The summed E-state index contributed by atoms with van der Waals surface area (Å²) in [6, 6.07) is 7.84. The van der Waals surface area contributed by atoms with Crippen molar-refractivity contribution in [1.29, 1.82) is 0 Å². The summed E-state index contributed by atoms with van der Waals surface area (Å²) in [6.45, 7) is 3.81. The molecule has 0 aliphatic carbocycles. The number of carbonyl (C=O) groups is 1. The van der Waals surface area contributed by atoms with E-state index in [0.29, 0.717) is 9.92 Å². The number of rotatable bonds is 4. The number of aromatic carboxylic acids is 1. The van der Waals surface area contributed by atoms with Crippen molar-refractivity contribution in [2.24, 2.45) is 0 Å². The van der Waals surface area contributed by atoms with Gasteiger partial charge in [0.1, 0.15) is 10.6 Å². The second-order valence-corrected chi connectivity index (χ2v) is 5.56. The molecular formula is C14H12N2O4S. The fraction of sp³-hybridized carbons (Fsp3) is 0.143. The number of benzene rings is 1. The van der Waals surface area contributed by atoms with Gasteiger partial charge in [0.2, 0.25) is 0 Å². The Morgan fingerprint density at radius 1 is 1.29 bits per heavy atom. The van der Waals surface area contributed by atoms with Gasteiger partial charge >= 0.3 is 5.97 Å². The summed E-state index contributed by atoms with van der Waals surface area (Å²) in [5.74, 6) is -1.32. The molecule has 1 aromatic heterocycles. The number of pyridine rings is 1. The Labute approximate surface area is 125 Å². The zero-order chi connectivity index (χ0) is 15.6. The Bertz CT molecular complexity index is 711. The lowest BCUT2D eigenvalue weighted by molar-refractivity contribution is -0.385. The van der Waals surface area contributed by atoms with E-state index in [-0.39, 0.29) is 5.56 Å². The predicted molar refractivity (Wildman–Crippen MR) is 77.9 cm³/mol. The average molecular weight is 304 g/mol. The van der Waals surface area contributed by atoms with Gasteiger partial charge in [0.25, 0.3) is 5.69 Å². The minimum Gasteiger partial charge on any atom is -0.477 e. The Kier molecular flexibility index (Phi) is 4.23. The Balaban J connectivity index is 2.39. The van der Waals surface area contributed by atoms with Gasteiger partial charge in [-0.2, -0.15) is 0 Å². The van der Waals surface area contributed by atoms with Crippen molar-refractivity contribution in [2.75, 3.05) is 0 Å². The molecule has 7 heteroatoms. The van der Waals surface area contributed by atoms with Crippen molar-refractivity contribution >= 4 is 23.4 Å². The zero-order valence-electron chi connectivity index (χ0n) is 11.4. The first-order chi connectivity index (χ1) is 9.86. The van der Waals surface area contributed by atoms with Crippen LogP contribution in [0.2, 0.25) is 0 Å². The summed E-state index contributed by atoms with van der Waals surface area (Å²) in [5.41, 5.74) is 1.16. The van der Waals surface area contributed by atoms with Crippen LogP contribution in [0.4, 0.5) is 5.69 Å². The molecule has 21 heavy (non-hydrogen) atoms. The average Bonchev–Trinajstić information content (AvgIpc) is 2.36. The third-order valence-electron chi connectivity index (χ3n) is 2.69. The number of hydrogen-bond donors (Lipinski definition) is 1. The first-order valence-electron chi connectivity index (χ1n) is 6.01. The lowest BCUT2D eigenvalue weighted by Gasteiger charge is -2.05. The van der Waals surface area contributed by atoms with Crippen LogP contribution in [0.25, 0.3) is 0 Å². The summed E-state index contributed by atoms with van der Waals surface area (Å²) < 4.78 is 0. The van der Waals surface area contributed by atoms with E-state index in [2.05, 4.69) is 4.98 Å². The monoisotopic (exact) mass is 304 g/mol. The highest BCUT2D eigenvalue weighted by molar-refractivity contribution is 7.99. The van der Waals surface area contributed by atoms with Gasteiger partial charge in [-0.15, -0.1) is 0 Å². The van der Waals surface area contributed by atoms with Gasteiger partial charge in [-0.3, -0.25) is 10.1 Å². The van der Waals surface area contributed by atoms with E-state index in [4.69, 9.17) is 5.11 Å². The van der Waals surface area contributed by atoms with Crippen LogP contribution in [0, 0.1) is 24.0 Å². The molecule has 0 radical (unpaired) electrons. The standard InChI is InChI=1S/C14H12N2O4S/c1-8-5-9(2)15-13(6-8)21-10-3-4-11(14(17)18)12(7-10)16(19)20/h3-7H,1-2H3,(H,17,18). The van der Waals surface area contributed by atoms with Gasteiger partial charge in [0, 0.05) is 16.7 Å². The Hall–Kier alpha value is -2.41. The minimum atomic E-state index is -1.32. The van der Waals surface area contributed by atoms with Crippen molar-refractivity contribution in [3.8, 4) is 0 Å². The second-order valence-electron chi connectivity index (χ2n) is 4.47. The number of hydrogen-bond acceptors (Lipinski definition) is 5. The number of nitrogens with zero attached hydrogens (tertiary/aromatic N) is 2. The SMILES string of the molecule is Cc1cc(C)nc(Sc2ccc(C(=O)O)c([N+](=O)[O-])c2)c1. The molecule has 0 unspecified atom stereocenters. The number of carboxylic acid groups (broad SMARTS) is 1. The summed E-state index contributed by atoms with van der Waals surface area (Å²) in [4.78, 5) is 26.1. The molecule has 2 rings (SSSR count). The van der Waals surface area contributed by atoms with E-state index in [1.807, 2.05) is 26.0 Å². The Morgan fingerprint density at radius 3 is 2.57 bits per heavy atom. The van der Waals surface area contributed by atoms with Crippen LogP contribution in [0.3, 0.4) is 0 Å². The molecule has 0 spiro atoms. The van der Waals surface area contributed by atoms with E-state index >= 15 is 0 Å². The summed E-state index contributed by atoms with van der Waals surface area (Å²) >= 11 is 1.26. The molecule has 0 fully saturated rings. The van der Waals surface area contributed by atoms with Crippen LogP contribution in [-0.4, -0.2) is 21.0 Å². The van der Waals surface area contributed by atoms with Crippen molar-refractivity contribution in [1.82, 2.24) is 4.98 Å². The van der Waals surface area contributed by atoms with Crippen LogP contribution in [0.15, 0.2) is 40.3 Å². The highest BCUT2D eigenvalue weighted by Crippen LogP contribution is 2.31. The fourth-order valence-corrected chi connectivity index (χ4v) is 2.87. The maximum atomic E-state index is 11.0. The van der Waals surface area contributed by atoms with Crippen molar-refractivity contribution in [3.63, 3.8) is 0 Å². The molecule has 0 saturated carbocycles. The van der Waals surface area contributed by atoms with E-state index in [1.165, 1.54) is 23.9 Å². The third kappa shape index (κ3) is 3.57. The summed E-state index contributed by atoms with van der Waals surface area (Å²) in [6.07, 6.45) is 0. The van der Waals surface area contributed by atoms with Crippen LogP contribution in [0.5, 0.6) is 0 Å². The second kappa shape index (κ2) is 5.92. The van der Waals surface area contributed by atoms with Gasteiger partial charge in [-0.1, -0.05) is 11.8 Å². The van der Waals surface area contributed by atoms with Gasteiger partial charge in [0.05, 0.1) is 4.92 Å². The van der Waals surface area contributed by atoms with Crippen LogP contribution in [0.1, 0.15) is 21.6 Å². The normalized spacial score (nSPS) is 10.4. The number of aryl methyl sites for hydroxylation is 2. The zero-order valence-corrected chi connectivity index (χ0v) is 12.2. The molecule has 0 aliphatic rings. The third-order valence-corrected chi connectivity index (χ3v) is 3.60. The highest BCUT2D eigenvalue weighted by Gasteiger charge is 2.20. The topological polar surface area (TPSA) is 93.3 Å². The lowest BCUT2D eigenvalue weighted by atomic mass is 10.2. The number of nitro groups is 1. The smallest absolute Gasteiger partial charge is 0.342 e. The molecule has 0 amide bonds. The minimum absolute atomic E-state index is 0.322. The molecule has 0 aliphatic heterocycles. The van der Waals surface area contributed by atoms with E-state index < -0.39 is 16.6 Å². The molecule has 2 aromatic rings. The molecule has 1 aromatic carbocycles. The Morgan fingerprint density at radius 2 is 2.00 bits per heavy atom. The maximum Gasteiger partial charge on any atom is 0.342 e. The van der Waals surface area contributed by atoms with E-state index in [9.17, 15) is 14.9 Å². The molecule has 6 nitrogen and oxygen atoms in total. The molecule has 1 N–H and O–H groups in total. The van der Waals surface area contributed by atoms with Crippen LogP contribution in [-0.2, 0) is 0 Å². The fourth-order valence-electron chi connectivity index (χ4n) is 1.88. The maximum absolute atomic E-state index is 11.0. The van der Waals surface area contributed by atoms with Gasteiger partial charge in [-0.05, 0) is 43.7 Å². The predicted octanol–water partition coefficient (Wildman–Crippen LogP) is 3.46. The van der Waals surface area contributed by atoms with Crippen molar-refractivity contribution < 1.29 is 14.8 Å². The van der Waals surface area contributed by atoms with E-state index in [1.54, 1.807) is 6.07 Å². The van der Waals surface area contributed by atoms with Crippen LogP contribution >= 0.6 is 11.8 Å². The molecule has 0 atom stereocenters. The van der Waals surface area contributed by atoms with Crippen molar-refractivity contribution in [2.45, 2.75) is 23.8 Å². The number of nitro benzene ring substituents is 1. The molecule has 108 valence electrons. The number of aromatic nitrogens is 1. The summed E-state index contributed by atoms with van der Waals surface area (Å²) in [5, 5.41) is 20.6. The largest absolute Gasteiger partial charge is 0.477 e. The van der Waals surface area contributed by atoms with Gasteiger partial charge in [0.15, 0.2) is 0 Å². The summed E-state index contributed by atoms with van der Waals surface area (Å²) in [7, 11) is 0. The molecular weight excluding hydrogens is 292 g/mol. The van der Waals surface area contributed by atoms with Gasteiger partial charge in [-0.25, -0.2) is 9.78 Å². The molecule has 0 saturated heterocycles. The first kappa shape index (κ1) is 15.0. The quantitative estimate of drug-likeness (QED) is 0.686. The van der Waals surface area contributed by atoms with Crippen molar-refractivity contribution in [3.05, 3.63) is 57.3 Å². The highest BCUT2D eigenvalue weighted by atomic mass is 32.2. The first-order valence-corrected chi connectivity index (χ1v) is 6.83.